The molecule has 0 bridgehead atoms. The number of carbonyl (C=O) groups excluding carboxylic acids is 1. The van der Waals surface area contributed by atoms with Gasteiger partial charge in [0.15, 0.2) is 0 Å². The van der Waals surface area contributed by atoms with E-state index in [9.17, 15) is 4.79 Å². The first-order valence-electron chi connectivity index (χ1n) is 5.31. The van der Waals surface area contributed by atoms with E-state index in [-0.39, 0.29) is 5.91 Å². The van der Waals surface area contributed by atoms with E-state index in [0.717, 1.165) is 0 Å². The zero-order valence-corrected chi connectivity index (χ0v) is 10.7. The van der Waals surface area contributed by atoms with Crippen LogP contribution in [0.2, 0.25) is 5.15 Å². The summed E-state index contributed by atoms with van der Waals surface area (Å²) in [5.41, 5.74) is 1.73. The molecule has 0 atom stereocenters. The Balaban J connectivity index is 2.24. The lowest BCUT2D eigenvalue weighted by Gasteiger charge is -2.06. The molecule has 0 saturated heterocycles. The highest BCUT2D eigenvalue weighted by Gasteiger charge is 2.11. The molecule has 1 N–H and O–H groups in total. The molecule has 0 unspecified atom stereocenters. The highest BCUT2D eigenvalue weighted by Crippen LogP contribution is 2.12. The molecule has 0 aromatic carbocycles. The Hall–Kier alpha value is -2.01. The number of aromatic nitrogens is 3. The van der Waals surface area contributed by atoms with Crippen molar-refractivity contribution in [1.29, 1.82) is 0 Å². The second-order valence-corrected chi connectivity index (χ2v) is 4.17. The fourth-order valence-corrected chi connectivity index (χ4v) is 1.61. The Labute approximate surface area is 109 Å². The molecule has 92 valence electrons. The number of nitrogens with zero attached hydrogens (tertiary/aromatic N) is 3. The third kappa shape index (κ3) is 2.81. The standard InChI is InChI=1S/C12H11ClN4O/c1-7-6-9(8(2)17-16-7)12(18)15-11-5-3-4-10(13)14-11/h3-6H,1-2H3,(H,14,15,18). The Kier molecular flexibility index (Phi) is 3.53. The van der Waals surface area contributed by atoms with E-state index >= 15 is 0 Å². The van der Waals surface area contributed by atoms with Crippen molar-refractivity contribution in [3.05, 3.63) is 46.4 Å². The Bertz CT molecular complexity index is 600. The molecule has 0 aliphatic rings. The van der Waals surface area contributed by atoms with Crippen LogP contribution in [0.25, 0.3) is 0 Å². The van der Waals surface area contributed by atoms with Crippen LogP contribution in [0.1, 0.15) is 21.7 Å². The minimum absolute atomic E-state index is 0.278. The van der Waals surface area contributed by atoms with Gasteiger partial charge >= 0.3 is 0 Å². The number of halogens is 1. The van der Waals surface area contributed by atoms with Crippen LogP contribution in [0.15, 0.2) is 24.3 Å². The fourth-order valence-electron chi connectivity index (χ4n) is 1.44. The maximum absolute atomic E-state index is 12.0. The molecule has 0 saturated carbocycles. The molecule has 2 heterocycles. The summed E-state index contributed by atoms with van der Waals surface area (Å²) in [4.78, 5) is 16.0. The van der Waals surface area contributed by atoms with Gasteiger partial charge in [-0.05, 0) is 32.0 Å². The number of rotatable bonds is 2. The summed E-state index contributed by atoms with van der Waals surface area (Å²) in [5, 5.41) is 10.8. The molecule has 2 aromatic rings. The van der Waals surface area contributed by atoms with Crippen molar-refractivity contribution in [2.45, 2.75) is 13.8 Å². The normalized spacial score (nSPS) is 10.2. The quantitative estimate of drug-likeness (QED) is 0.844. The molecule has 6 heteroatoms. The molecule has 0 fully saturated rings. The SMILES string of the molecule is Cc1cc(C(=O)Nc2cccc(Cl)n2)c(C)nn1. The van der Waals surface area contributed by atoms with E-state index in [1.807, 2.05) is 0 Å². The minimum Gasteiger partial charge on any atom is -0.306 e. The number of hydrogen-bond acceptors (Lipinski definition) is 4. The molecule has 2 aromatic heterocycles. The highest BCUT2D eigenvalue weighted by atomic mass is 35.5. The first-order chi connectivity index (χ1) is 8.56. The third-order valence-corrected chi connectivity index (χ3v) is 2.51. The maximum atomic E-state index is 12.0. The van der Waals surface area contributed by atoms with E-state index in [0.29, 0.717) is 27.9 Å². The monoisotopic (exact) mass is 262 g/mol. The summed E-state index contributed by atoms with van der Waals surface area (Å²) in [6.07, 6.45) is 0. The summed E-state index contributed by atoms with van der Waals surface area (Å²) >= 11 is 5.75. The van der Waals surface area contributed by atoms with E-state index in [4.69, 9.17) is 11.6 Å². The fraction of sp³-hybridized carbons (Fsp3) is 0.167. The van der Waals surface area contributed by atoms with Crippen molar-refractivity contribution < 1.29 is 4.79 Å². The summed E-state index contributed by atoms with van der Waals surface area (Å²) in [5.74, 6) is 0.127. The van der Waals surface area contributed by atoms with Crippen molar-refractivity contribution in [2.24, 2.45) is 0 Å². The average Bonchev–Trinajstić information content (AvgIpc) is 2.32. The van der Waals surface area contributed by atoms with Gasteiger partial charge in [0.25, 0.3) is 5.91 Å². The molecule has 0 aliphatic heterocycles. The number of carbonyl (C=O) groups is 1. The highest BCUT2D eigenvalue weighted by molar-refractivity contribution is 6.29. The van der Waals surface area contributed by atoms with Gasteiger partial charge in [-0.15, -0.1) is 0 Å². The number of hydrogen-bond donors (Lipinski definition) is 1. The van der Waals surface area contributed by atoms with Crippen LogP contribution in [-0.2, 0) is 0 Å². The largest absolute Gasteiger partial charge is 0.306 e. The molecule has 18 heavy (non-hydrogen) atoms. The van der Waals surface area contributed by atoms with Gasteiger partial charge in [0, 0.05) is 0 Å². The molecular formula is C12H11ClN4O. The lowest BCUT2D eigenvalue weighted by Crippen LogP contribution is -2.15. The number of aryl methyl sites for hydroxylation is 2. The van der Waals surface area contributed by atoms with Gasteiger partial charge in [-0.2, -0.15) is 10.2 Å². The molecule has 0 aliphatic carbocycles. The van der Waals surface area contributed by atoms with Crippen LogP contribution < -0.4 is 5.32 Å². The van der Waals surface area contributed by atoms with Gasteiger partial charge in [-0.3, -0.25) is 4.79 Å². The molecule has 0 spiro atoms. The van der Waals surface area contributed by atoms with Gasteiger partial charge < -0.3 is 5.32 Å². The summed E-state index contributed by atoms with van der Waals surface area (Å²) in [7, 11) is 0. The molecule has 1 amide bonds. The first-order valence-corrected chi connectivity index (χ1v) is 5.69. The predicted molar refractivity (Wildman–Crippen MR) is 68.7 cm³/mol. The zero-order chi connectivity index (χ0) is 13.1. The van der Waals surface area contributed by atoms with Crippen LogP contribution in [-0.4, -0.2) is 21.1 Å². The minimum atomic E-state index is -0.278. The Morgan fingerprint density at radius 1 is 1.28 bits per heavy atom. The topological polar surface area (TPSA) is 67.8 Å². The maximum Gasteiger partial charge on any atom is 0.258 e. The van der Waals surface area contributed by atoms with Crippen LogP contribution in [0.4, 0.5) is 5.82 Å². The number of amides is 1. The molecule has 5 nitrogen and oxygen atoms in total. The summed E-state index contributed by atoms with van der Waals surface area (Å²) in [6, 6.07) is 6.71. The van der Waals surface area contributed by atoms with Gasteiger partial charge in [-0.1, -0.05) is 17.7 Å². The predicted octanol–water partition coefficient (Wildman–Crippen LogP) is 2.39. The smallest absolute Gasteiger partial charge is 0.258 e. The van der Waals surface area contributed by atoms with Crippen molar-refractivity contribution >= 4 is 23.3 Å². The summed E-state index contributed by atoms with van der Waals surface area (Å²) in [6.45, 7) is 3.51. The van der Waals surface area contributed by atoms with Gasteiger partial charge in [0.05, 0.1) is 17.0 Å². The van der Waals surface area contributed by atoms with Gasteiger partial charge in [0.1, 0.15) is 11.0 Å². The number of anilines is 1. The second-order valence-electron chi connectivity index (χ2n) is 3.78. The van der Waals surface area contributed by atoms with E-state index < -0.39 is 0 Å². The van der Waals surface area contributed by atoms with Gasteiger partial charge in [0.2, 0.25) is 0 Å². The van der Waals surface area contributed by atoms with E-state index in [1.165, 1.54) is 0 Å². The summed E-state index contributed by atoms with van der Waals surface area (Å²) < 4.78 is 0. The Morgan fingerprint density at radius 2 is 2.06 bits per heavy atom. The number of pyridine rings is 1. The average molecular weight is 263 g/mol. The van der Waals surface area contributed by atoms with Crippen molar-refractivity contribution in [3.8, 4) is 0 Å². The molecular weight excluding hydrogens is 252 g/mol. The lowest BCUT2D eigenvalue weighted by atomic mass is 10.2. The third-order valence-electron chi connectivity index (χ3n) is 2.30. The molecule has 0 radical (unpaired) electrons. The first kappa shape index (κ1) is 12.4. The van der Waals surface area contributed by atoms with Crippen molar-refractivity contribution in [2.75, 3.05) is 5.32 Å². The van der Waals surface area contributed by atoms with Crippen molar-refractivity contribution in [3.63, 3.8) is 0 Å². The lowest BCUT2D eigenvalue weighted by molar-refractivity contribution is 0.102. The van der Waals surface area contributed by atoms with Crippen LogP contribution >= 0.6 is 11.6 Å². The van der Waals surface area contributed by atoms with Crippen LogP contribution in [0.5, 0.6) is 0 Å². The van der Waals surface area contributed by atoms with Gasteiger partial charge in [-0.25, -0.2) is 4.98 Å². The second kappa shape index (κ2) is 5.10. The van der Waals surface area contributed by atoms with Crippen LogP contribution in [0.3, 0.4) is 0 Å². The molecule has 2 rings (SSSR count). The van der Waals surface area contributed by atoms with E-state index in [1.54, 1.807) is 38.1 Å². The number of nitrogens with one attached hydrogen (secondary N) is 1. The zero-order valence-electron chi connectivity index (χ0n) is 9.94. The van der Waals surface area contributed by atoms with Crippen LogP contribution in [0, 0.1) is 13.8 Å². The van der Waals surface area contributed by atoms with Crippen molar-refractivity contribution in [1.82, 2.24) is 15.2 Å². The van der Waals surface area contributed by atoms with E-state index in [2.05, 4.69) is 20.5 Å². The Morgan fingerprint density at radius 3 is 2.78 bits per heavy atom.